The second-order valence-electron chi connectivity index (χ2n) is 11.2. The average Bonchev–Trinajstić information content (AvgIpc) is 3.72. The van der Waals surface area contributed by atoms with Crippen LogP contribution in [0.15, 0.2) is 162 Å². The Balaban J connectivity index is 1.35. The summed E-state index contributed by atoms with van der Waals surface area (Å²) in [6.45, 7) is 0. The molecule has 0 bridgehead atoms. The molecule has 0 saturated heterocycles. The summed E-state index contributed by atoms with van der Waals surface area (Å²) in [6, 6.07) is 53.5. The second-order valence-corrected chi connectivity index (χ2v) is 11.2. The fourth-order valence-electron chi connectivity index (χ4n) is 6.37. The van der Waals surface area contributed by atoms with Crippen molar-refractivity contribution in [2.75, 3.05) is 0 Å². The summed E-state index contributed by atoms with van der Waals surface area (Å²) in [5, 5.41) is 1.94. The van der Waals surface area contributed by atoms with Gasteiger partial charge in [0.1, 0.15) is 17.0 Å². The van der Waals surface area contributed by atoms with Gasteiger partial charge in [-0.25, -0.2) is 15.0 Å². The van der Waals surface area contributed by atoms with Crippen LogP contribution < -0.4 is 0 Å². The zero-order chi connectivity index (χ0) is 30.5. The highest BCUT2D eigenvalue weighted by molar-refractivity contribution is 6.17. The highest BCUT2D eigenvalue weighted by Crippen LogP contribution is 2.42. The van der Waals surface area contributed by atoms with Crippen LogP contribution in [0.25, 0.3) is 83.9 Å². The predicted molar refractivity (Wildman–Crippen MR) is 186 cm³/mol. The molecule has 0 radical (unpaired) electrons. The Kier molecular flexibility index (Phi) is 6.06. The summed E-state index contributed by atoms with van der Waals surface area (Å²) in [4.78, 5) is 15.5. The van der Waals surface area contributed by atoms with Gasteiger partial charge in [0.05, 0.1) is 22.4 Å². The highest BCUT2D eigenvalue weighted by Gasteiger charge is 2.22. The average molecular weight is 591 g/mol. The van der Waals surface area contributed by atoms with Crippen LogP contribution in [0.4, 0.5) is 0 Å². The maximum atomic E-state index is 6.53. The fraction of sp³-hybridized carbons (Fsp3) is 0. The van der Waals surface area contributed by atoms with Crippen molar-refractivity contribution in [2.45, 2.75) is 0 Å². The standard InChI is InChI=1S/C41H26N4O/c1-4-14-27(15-5-1)33-26-34(28-16-6-2-7-17-28)43-40(42-33)30-20-12-24-36-38(30)39-31(21-13-25-37(39)46-36)41-44-32-22-10-11-23-35(32)45(41)29-18-8-3-9-19-29/h1-26H. The molecule has 5 nitrogen and oxygen atoms in total. The maximum absolute atomic E-state index is 6.53. The molecule has 6 aromatic carbocycles. The van der Waals surface area contributed by atoms with Gasteiger partial charge < -0.3 is 4.42 Å². The van der Waals surface area contributed by atoms with E-state index in [1.807, 2.05) is 72.8 Å². The van der Waals surface area contributed by atoms with Gasteiger partial charge in [-0.15, -0.1) is 0 Å². The van der Waals surface area contributed by atoms with Gasteiger partial charge in [0, 0.05) is 38.7 Å². The van der Waals surface area contributed by atoms with Crippen LogP contribution >= 0.6 is 0 Å². The molecule has 46 heavy (non-hydrogen) atoms. The lowest BCUT2D eigenvalue weighted by Crippen LogP contribution is -1.98. The molecule has 216 valence electrons. The van der Waals surface area contributed by atoms with E-state index in [-0.39, 0.29) is 0 Å². The molecule has 9 rings (SSSR count). The molecule has 0 aliphatic rings. The zero-order valence-corrected chi connectivity index (χ0v) is 24.7. The Labute approximate surface area is 265 Å². The number of fused-ring (bicyclic) bond motifs is 4. The van der Waals surface area contributed by atoms with Crippen LogP contribution in [0.1, 0.15) is 0 Å². The number of furan rings is 1. The van der Waals surface area contributed by atoms with E-state index in [0.717, 1.165) is 78.1 Å². The molecule has 0 amide bonds. The highest BCUT2D eigenvalue weighted by atomic mass is 16.3. The Hall–Kier alpha value is -6.33. The van der Waals surface area contributed by atoms with Crippen molar-refractivity contribution in [3.05, 3.63) is 158 Å². The summed E-state index contributed by atoms with van der Waals surface area (Å²) in [5.74, 6) is 1.49. The van der Waals surface area contributed by atoms with Gasteiger partial charge in [-0.1, -0.05) is 115 Å². The van der Waals surface area contributed by atoms with Crippen molar-refractivity contribution in [1.82, 2.24) is 19.5 Å². The summed E-state index contributed by atoms with van der Waals surface area (Å²) in [5.41, 5.74) is 10.2. The number of imidazole rings is 1. The maximum Gasteiger partial charge on any atom is 0.161 e. The number of nitrogens with zero attached hydrogens (tertiary/aromatic N) is 4. The minimum Gasteiger partial charge on any atom is -0.456 e. The quantitative estimate of drug-likeness (QED) is 0.200. The van der Waals surface area contributed by atoms with Crippen LogP contribution in [0.5, 0.6) is 0 Å². The number of para-hydroxylation sites is 3. The van der Waals surface area contributed by atoms with Crippen LogP contribution in [-0.2, 0) is 0 Å². The number of rotatable bonds is 5. The first-order chi connectivity index (χ1) is 22.8. The van der Waals surface area contributed by atoms with E-state index in [9.17, 15) is 0 Å². The van der Waals surface area contributed by atoms with E-state index in [0.29, 0.717) is 5.82 Å². The largest absolute Gasteiger partial charge is 0.456 e. The first-order valence-electron chi connectivity index (χ1n) is 15.3. The summed E-state index contributed by atoms with van der Waals surface area (Å²) < 4.78 is 8.76. The molecule has 0 atom stereocenters. The van der Waals surface area contributed by atoms with Gasteiger partial charge in [-0.2, -0.15) is 0 Å². The van der Waals surface area contributed by atoms with E-state index in [1.165, 1.54) is 0 Å². The van der Waals surface area contributed by atoms with Crippen LogP contribution in [-0.4, -0.2) is 19.5 Å². The van der Waals surface area contributed by atoms with Crippen molar-refractivity contribution in [2.24, 2.45) is 0 Å². The van der Waals surface area contributed by atoms with E-state index in [1.54, 1.807) is 0 Å². The van der Waals surface area contributed by atoms with Crippen molar-refractivity contribution >= 4 is 33.0 Å². The summed E-state index contributed by atoms with van der Waals surface area (Å²) >= 11 is 0. The third-order valence-electron chi connectivity index (χ3n) is 8.44. The smallest absolute Gasteiger partial charge is 0.161 e. The second kappa shape index (κ2) is 10.7. The van der Waals surface area contributed by atoms with Gasteiger partial charge in [0.25, 0.3) is 0 Å². The van der Waals surface area contributed by atoms with Gasteiger partial charge in [-0.05, 0) is 42.5 Å². The molecule has 0 spiro atoms. The molecule has 3 aromatic heterocycles. The Bertz CT molecular complexity index is 2460. The lowest BCUT2D eigenvalue weighted by Gasteiger charge is -2.12. The third-order valence-corrected chi connectivity index (χ3v) is 8.44. The molecule has 0 saturated carbocycles. The minimum absolute atomic E-state index is 0.639. The molecule has 3 heterocycles. The van der Waals surface area contributed by atoms with Gasteiger partial charge >= 0.3 is 0 Å². The summed E-state index contributed by atoms with van der Waals surface area (Å²) in [6.07, 6.45) is 0. The molecule has 0 aliphatic carbocycles. The van der Waals surface area contributed by atoms with E-state index in [4.69, 9.17) is 19.4 Å². The van der Waals surface area contributed by atoms with Gasteiger partial charge in [0.2, 0.25) is 0 Å². The third kappa shape index (κ3) is 4.29. The lowest BCUT2D eigenvalue weighted by atomic mass is 10.0. The van der Waals surface area contributed by atoms with Crippen molar-refractivity contribution in [3.63, 3.8) is 0 Å². The van der Waals surface area contributed by atoms with Crippen molar-refractivity contribution in [3.8, 4) is 51.0 Å². The SMILES string of the molecule is c1ccc(-c2cc(-c3ccccc3)nc(-c3cccc4oc5cccc(-c6nc7ccccc7n6-c6ccccc6)c5c34)n2)cc1. The van der Waals surface area contributed by atoms with E-state index in [2.05, 4.69) is 89.5 Å². The fourth-order valence-corrected chi connectivity index (χ4v) is 6.37. The number of hydrogen-bond acceptors (Lipinski definition) is 4. The number of hydrogen-bond donors (Lipinski definition) is 0. The van der Waals surface area contributed by atoms with E-state index < -0.39 is 0 Å². The zero-order valence-electron chi connectivity index (χ0n) is 24.7. The molecule has 0 aliphatic heterocycles. The van der Waals surface area contributed by atoms with Crippen LogP contribution in [0, 0.1) is 0 Å². The molecule has 0 fully saturated rings. The molecule has 0 unspecified atom stereocenters. The lowest BCUT2D eigenvalue weighted by molar-refractivity contribution is 0.669. The van der Waals surface area contributed by atoms with E-state index >= 15 is 0 Å². The van der Waals surface area contributed by atoms with Crippen molar-refractivity contribution < 1.29 is 4.42 Å². The first-order valence-corrected chi connectivity index (χ1v) is 15.3. The monoisotopic (exact) mass is 590 g/mol. The topological polar surface area (TPSA) is 56.7 Å². The first kappa shape index (κ1) is 26.1. The summed E-state index contributed by atoms with van der Waals surface area (Å²) in [7, 11) is 0. The van der Waals surface area contributed by atoms with Crippen LogP contribution in [0.3, 0.4) is 0 Å². The Morgan fingerprint density at radius 3 is 1.65 bits per heavy atom. The molecular formula is C41H26N4O. The van der Waals surface area contributed by atoms with Crippen LogP contribution in [0.2, 0.25) is 0 Å². The molecule has 0 N–H and O–H groups in total. The number of benzene rings is 6. The molecule has 5 heteroatoms. The molecule has 9 aromatic rings. The molecular weight excluding hydrogens is 564 g/mol. The van der Waals surface area contributed by atoms with Gasteiger partial charge in [-0.3, -0.25) is 4.57 Å². The van der Waals surface area contributed by atoms with Crippen molar-refractivity contribution in [1.29, 1.82) is 0 Å². The normalized spacial score (nSPS) is 11.5. The van der Waals surface area contributed by atoms with Gasteiger partial charge in [0.15, 0.2) is 5.82 Å². The number of aromatic nitrogens is 4. The Morgan fingerprint density at radius 1 is 0.457 bits per heavy atom. The predicted octanol–water partition coefficient (Wildman–Crippen LogP) is 10.4. The Morgan fingerprint density at radius 2 is 1.00 bits per heavy atom. The minimum atomic E-state index is 0.639.